The Morgan fingerprint density at radius 3 is 2.62 bits per heavy atom. The molecule has 2 heterocycles. The first kappa shape index (κ1) is 10.9. The van der Waals surface area contributed by atoms with Crippen molar-refractivity contribution in [2.75, 3.05) is 11.1 Å². The summed E-state index contributed by atoms with van der Waals surface area (Å²) in [4.78, 5) is 9.87. The van der Waals surface area contributed by atoms with Crippen LogP contribution in [0.2, 0.25) is 0 Å². The van der Waals surface area contributed by atoms with Gasteiger partial charge in [-0.25, -0.2) is 9.97 Å². The van der Waals surface area contributed by atoms with Crippen LogP contribution in [0.15, 0.2) is 12.3 Å². The van der Waals surface area contributed by atoms with E-state index in [1.807, 2.05) is 19.9 Å². The van der Waals surface area contributed by atoms with Crippen molar-refractivity contribution in [3.63, 3.8) is 0 Å². The molecule has 4 nitrogen and oxygen atoms in total. The van der Waals surface area contributed by atoms with E-state index in [0.717, 1.165) is 22.2 Å². The van der Waals surface area contributed by atoms with Gasteiger partial charge in [-0.15, -0.1) is 11.3 Å². The van der Waals surface area contributed by atoms with E-state index in [2.05, 4.69) is 22.2 Å². The number of pyridine rings is 1. The number of hydrogen-bond donors (Lipinski definition) is 2. The van der Waals surface area contributed by atoms with Crippen molar-refractivity contribution >= 4 is 28.0 Å². The third-order valence-corrected chi connectivity index (χ3v) is 3.34. The van der Waals surface area contributed by atoms with Gasteiger partial charge in [-0.3, -0.25) is 0 Å². The molecule has 0 spiro atoms. The predicted molar refractivity (Wildman–Crippen MR) is 68.3 cm³/mol. The Hall–Kier alpha value is -1.62. The van der Waals surface area contributed by atoms with Crippen molar-refractivity contribution in [1.29, 1.82) is 0 Å². The second-order valence-electron chi connectivity index (χ2n) is 3.72. The standard InChI is InChI=1S/C11H14N4S/c1-6-4-9(12)5-13-10(6)15-11-14-7(2)8(3)16-11/h4-5H,12H2,1-3H3,(H,13,14,15). The fraction of sp³-hybridized carbons (Fsp3) is 0.273. The molecule has 0 aliphatic carbocycles. The first-order valence-electron chi connectivity index (χ1n) is 4.99. The minimum absolute atomic E-state index is 0.676. The topological polar surface area (TPSA) is 63.8 Å². The van der Waals surface area contributed by atoms with Crippen LogP contribution in [0.4, 0.5) is 16.6 Å². The van der Waals surface area contributed by atoms with Gasteiger partial charge >= 0.3 is 0 Å². The van der Waals surface area contributed by atoms with Gasteiger partial charge in [0.25, 0.3) is 0 Å². The molecule has 0 aromatic carbocycles. The molecule has 2 rings (SSSR count). The molecule has 2 aromatic heterocycles. The van der Waals surface area contributed by atoms with E-state index in [9.17, 15) is 0 Å². The average molecular weight is 234 g/mol. The molecule has 3 N–H and O–H groups in total. The monoisotopic (exact) mass is 234 g/mol. The van der Waals surface area contributed by atoms with E-state index >= 15 is 0 Å². The molecule has 5 heteroatoms. The molecule has 0 saturated heterocycles. The number of nitrogens with one attached hydrogen (secondary N) is 1. The van der Waals surface area contributed by atoms with Gasteiger partial charge in [0.2, 0.25) is 0 Å². The molecule has 0 aliphatic rings. The zero-order valence-corrected chi connectivity index (χ0v) is 10.4. The third-order valence-electron chi connectivity index (χ3n) is 2.35. The zero-order chi connectivity index (χ0) is 11.7. The molecule has 0 bridgehead atoms. The van der Waals surface area contributed by atoms with E-state index in [1.165, 1.54) is 4.88 Å². The number of nitrogens with two attached hydrogens (primary N) is 1. The highest BCUT2D eigenvalue weighted by Crippen LogP contribution is 2.25. The van der Waals surface area contributed by atoms with E-state index in [4.69, 9.17) is 5.73 Å². The summed E-state index contributed by atoms with van der Waals surface area (Å²) in [6.07, 6.45) is 1.64. The van der Waals surface area contributed by atoms with Crippen molar-refractivity contribution in [1.82, 2.24) is 9.97 Å². The largest absolute Gasteiger partial charge is 0.397 e. The maximum atomic E-state index is 5.65. The van der Waals surface area contributed by atoms with Crippen LogP contribution < -0.4 is 11.1 Å². The van der Waals surface area contributed by atoms with E-state index in [1.54, 1.807) is 17.5 Å². The summed E-state index contributed by atoms with van der Waals surface area (Å²) in [5.74, 6) is 0.808. The molecule has 0 fully saturated rings. The third kappa shape index (κ3) is 2.14. The first-order valence-corrected chi connectivity index (χ1v) is 5.81. The number of nitrogen functional groups attached to an aromatic ring is 1. The maximum absolute atomic E-state index is 5.65. The summed E-state index contributed by atoms with van der Waals surface area (Å²) in [6, 6.07) is 1.89. The highest BCUT2D eigenvalue weighted by atomic mass is 32.1. The summed E-state index contributed by atoms with van der Waals surface area (Å²) in [5, 5.41) is 4.07. The Labute approximate surface area is 98.6 Å². The van der Waals surface area contributed by atoms with Gasteiger partial charge in [-0.1, -0.05) is 0 Å². The zero-order valence-electron chi connectivity index (χ0n) is 9.53. The van der Waals surface area contributed by atoms with Crippen molar-refractivity contribution in [2.24, 2.45) is 0 Å². The molecule has 84 valence electrons. The minimum atomic E-state index is 0.676. The molecular formula is C11H14N4S. The smallest absolute Gasteiger partial charge is 0.188 e. The predicted octanol–water partition coefficient (Wildman–Crippen LogP) is 2.79. The molecule has 0 atom stereocenters. The van der Waals surface area contributed by atoms with E-state index in [0.29, 0.717) is 5.69 Å². The fourth-order valence-corrected chi connectivity index (χ4v) is 2.17. The Kier molecular flexibility index (Phi) is 2.78. The van der Waals surface area contributed by atoms with Crippen LogP contribution in [0.3, 0.4) is 0 Å². The Balaban J connectivity index is 2.27. The minimum Gasteiger partial charge on any atom is -0.397 e. The average Bonchev–Trinajstić information content (AvgIpc) is 2.51. The van der Waals surface area contributed by atoms with Crippen LogP contribution >= 0.6 is 11.3 Å². The van der Waals surface area contributed by atoms with Gasteiger partial charge in [-0.05, 0) is 32.4 Å². The second-order valence-corrected chi connectivity index (χ2v) is 4.92. The fourth-order valence-electron chi connectivity index (χ4n) is 1.35. The van der Waals surface area contributed by atoms with Crippen LogP contribution in [0, 0.1) is 20.8 Å². The quantitative estimate of drug-likeness (QED) is 0.838. The van der Waals surface area contributed by atoms with Crippen molar-refractivity contribution in [3.05, 3.63) is 28.4 Å². The first-order chi connectivity index (χ1) is 7.56. The molecule has 2 aromatic rings. The van der Waals surface area contributed by atoms with Crippen molar-refractivity contribution in [3.8, 4) is 0 Å². The molecule has 0 radical (unpaired) electrons. The number of hydrogen-bond acceptors (Lipinski definition) is 5. The van der Waals surface area contributed by atoms with Crippen LogP contribution in [-0.4, -0.2) is 9.97 Å². The van der Waals surface area contributed by atoms with Crippen molar-refractivity contribution < 1.29 is 0 Å². The summed E-state index contributed by atoms with van der Waals surface area (Å²) in [6.45, 7) is 6.03. The molecule has 16 heavy (non-hydrogen) atoms. The Morgan fingerprint density at radius 1 is 1.31 bits per heavy atom. The number of rotatable bonds is 2. The Bertz CT molecular complexity index is 499. The maximum Gasteiger partial charge on any atom is 0.188 e. The number of nitrogens with zero attached hydrogens (tertiary/aromatic N) is 2. The highest BCUT2D eigenvalue weighted by Gasteiger charge is 2.06. The number of anilines is 3. The van der Waals surface area contributed by atoms with E-state index in [-0.39, 0.29) is 0 Å². The van der Waals surface area contributed by atoms with Gasteiger partial charge in [-0.2, -0.15) is 0 Å². The number of aromatic nitrogens is 2. The highest BCUT2D eigenvalue weighted by molar-refractivity contribution is 7.15. The molecule has 0 amide bonds. The van der Waals surface area contributed by atoms with Crippen LogP contribution in [0.25, 0.3) is 0 Å². The summed E-state index contributed by atoms with van der Waals surface area (Å²) >= 11 is 1.63. The lowest BCUT2D eigenvalue weighted by molar-refractivity contribution is 1.20. The second kappa shape index (κ2) is 4.09. The molecule has 0 saturated carbocycles. The lowest BCUT2D eigenvalue weighted by atomic mass is 10.3. The van der Waals surface area contributed by atoms with Gasteiger partial charge in [0.15, 0.2) is 5.13 Å². The van der Waals surface area contributed by atoms with E-state index < -0.39 is 0 Å². The van der Waals surface area contributed by atoms with Crippen molar-refractivity contribution in [2.45, 2.75) is 20.8 Å². The Morgan fingerprint density at radius 2 is 2.06 bits per heavy atom. The van der Waals surface area contributed by atoms with Crippen LogP contribution in [0.5, 0.6) is 0 Å². The summed E-state index contributed by atoms with van der Waals surface area (Å²) in [7, 11) is 0. The molecule has 0 unspecified atom stereocenters. The van der Waals surface area contributed by atoms with Gasteiger partial charge < -0.3 is 11.1 Å². The molecule has 0 aliphatic heterocycles. The number of aryl methyl sites for hydroxylation is 3. The number of thiazole rings is 1. The van der Waals surface area contributed by atoms with Crippen LogP contribution in [0.1, 0.15) is 16.1 Å². The summed E-state index contributed by atoms with van der Waals surface area (Å²) in [5.41, 5.74) is 8.40. The lowest BCUT2D eigenvalue weighted by Gasteiger charge is -2.05. The normalized spacial score (nSPS) is 10.4. The van der Waals surface area contributed by atoms with Gasteiger partial charge in [0.1, 0.15) is 5.82 Å². The van der Waals surface area contributed by atoms with Gasteiger partial charge in [0.05, 0.1) is 17.6 Å². The van der Waals surface area contributed by atoms with Gasteiger partial charge in [0, 0.05) is 4.88 Å². The van der Waals surface area contributed by atoms with Crippen LogP contribution in [-0.2, 0) is 0 Å². The lowest BCUT2D eigenvalue weighted by Crippen LogP contribution is -1.97. The molecular weight excluding hydrogens is 220 g/mol. The summed E-state index contributed by atoms with van der Waals surface area (Å²) < 4.78 is 0. The SMILES string of the molecule is Cc1cc(N)cnc1Nc1nc(C)c(C)s1.